The fourth-order valence-electron chi connectivity index (χ4n) is 2.73. The van der Waals surface area contributed by atoms with Crippen molar-refractivity contribution in [3.05, 3.63) is 70.1 Å². The van der Waals surface area contributed by atoms with Crippen LogP contribution in [0.25, 0.3) is 0 Å². The number of nitrogens with one attached hydrogen (secondary N) is 3. The first-order chi connectivity index (χ1) is 10.3. The van der Waals surface area contributed by atoms with Crippen LogP contribution in [0.15, 0.2) is 53.5 Å². The molecule has 1 aromatic carbocycles. The predicted octanol–water partition coefficient (Wildman–Crippen LogP) is 0.860. The van der Waals surface area contributed by atoms with E-state index in [2.05, 4.69) is 27.8 Å². The van der Waals surface area contributed by atoms with E-state index in [1.165, 1.54) is 17.8 Å². The lowest BCUT2D eigenvalue weighted by Gasteiger charge is -2.20. The molecule has 0 aliphatic carbocycles. The highest BCUT2D eigenvalue weighted by molar-refractivity contribution is 5.94. The Morgan fingerprint density at radius 1 is 1.10 bits per heavy atom. The van der Waals surface area contributed by atoms with Crippen molar-refractivity contribution in [2.24, 2.45) is 0 Å². The number of H-pyrrole nitrogens is 1. The molecule has 0 saturated carbocycles. The number of carbonyl (C=O) groups is 1. The lowest BCUT2D eigenvalue weighted by molar-refractivity contribution is 0.0935. The lowest BCUT2D eigenvalue weighted by atomic mass is 9.94. The number of hydrogen-bond acceptors (Lipinski definition) is 3. The van der Waals surface area contributed by atoms with Crippen LogP contribution in [0.1, 0.15) is 21.8 Å². The van der Waals surface area contributed by atoms with E-state index in [9.17, 15) is 9.59 Å². The number of pyridine rings is 1. The van der Waals surface area contributed by atoms with E-state index in [1.54, 1.807) is 6.07 Å². The van der Waals surface area contributed by atoms with Gasteiger partial charge in [-0.25, -0.2) is 0 Å². The molecule has 21 heavy (non-hydrogen) atoms. The molecule has 1 aliphatic heterocycles. The van der Waals surface area contributed by atoms with Crippen LogP contribution < -0.4 is 16.2 Å². The van der Waals surface area contributed by atoms with E-state index >= 15 is 0 Å². The summed E-state index contributed by atoms with van der Waals surface area (Å²) in [6, 6.07) is 13.3. The second kappa shape index (κ2) is 5.93. The highest BCUT2D eigenvalue weighted by Gasteiger charge is 2.30. The van der Waals surface area contributed by atoms with Gasteiger partial charge in [0.1, 0.15) is 5.56 Å². The molecule has 0 bridgehead atoms. The molecule has 0 unspecified atom stereocenters. The van der Waals surface area contributed by atoms with Crippen molar-refractivity contribution in [1.82, 2.24) is 15.6 Å². The summed E-state index contributed by atoms with van der Waals surface area (Å²) in [6.07, 6.45) is 1.52. The molecule has 2 aromatic rings. The molecule has 0 spiro atoms. The van der Waals surface area contributed by atoms with Crippen LogP contribution in [0.3, 0.4) is 0 Å². The van der Waals surface area contributed by atoms with Gasteiger partial charge in [-0.05, 0) is 17.7 Å². The molecule has 5 nitrogen and oxygen atoms in total. The van der Waals surface area contributed by atoms with Gasteiger partial charge in [0.2, 0.25) is 0 Å². The van der Waals surface area contributed by atoms with Crippen molar-refractivity contribution in [2.75, 3.05) is 13.1 Å². The van der Waals surface area contributed by atoms with Crippen molar-refractivity contribution < 1.29 is 4.79 Å². The molecule has 1 amide bonds. The normalized spacial score (nSPS) is 21.1. The van der Waals surface area contributed by atoms with Gasteiger partial charge in [-0.1, -0.05) is 30.3 Å². The quantitative estimate of drug-likeness (QED) is 0.782. The average molecular weight is 283 g/mol. The minimum absolute atomic E-state index is 0.0143. The Balaban J connectivity index is 1.77. The molecule has 108 valence electrons. The molecule has 1 aliphatic rings. The first-order valence-corrected chi connectivity index (χ1v) is 7.00. The lowest BCUT2D eigenvalue weighted by Crippen LogP contribution is -2.41. The zero-order chi connectivity index (χ0) is 14.7. The molecule has 3 rings (SSSR count). The molecule has 2 atom stereocenters. The van der Waals surface area contributed by atoms with Gasteiger partial charge in [-0.15, -0.1) is 0 Å². The summed E-state index contributed by atoms with van der Waals surface area (Å²) in [4.78, 5) is 26.4. The Kier molecular flexibility index (Phi) is 3.83. The van der Waals surface area contributed by atoms with Gasteiger partial charge >= 0.3 is 0 Å². The second-order valence-electron chi connectivity index (χ2n) is 5.17. The SMILES string of the molecule is O=C(N[C@@H]1CNC[C@H]1c1ccccc1)c1ccc[nH]c1=O. The molecule has 3 N–H and O–H groups in total. The van der Waals surface area contributed by atoms with Gasteiger partial charge in [0.25, 0.3) is 11.5 Å². The Morgan fingerprint density at radius 2 is 1.90 bits per heavy atom. The fourth-order valence-corrected chi connectivity index (χ4v) is 2.73. The van der Waals surface area contributed by atoms with Gasteiger partial charge in [-0.3, -0.25) is 9.59 Å². The molecule has 1 fully saturated rings. The monoisotopic (exact) mass is 283 g/mol. The third-order valence-electron chi connectivity index (χ3n) is 3.82. The summed E-state index contributed by atoms with van der Waals surface area (Å²) in [5.74, 6) is -0.107. The van der Waals surface area contributed by atoms with Crippen molar-refractivity contribution in [3.63, 3.8) is 0 Å². The number of aromatic amines is 1. The van der Waals surface area contributed by atoms with Crippen LogP contribution in [-0.4, -0.2) is 30.0 Å². The van der Waals surface area contributed by atoms with E-state index in [0.29, 0.717) is 6.54 Å². The molecule has 0 radical (unpaired) electrons. The number of rotatable bonds is 3. The largest absolute Gasteiger partial charge is 0.347 e. The Morgan fingerprint density at radius 3 is 2.67 bits per heavy atom. The summed E-state index contributed by atoms with van der Waals surface area (Å²) in [7, 11) is 0. The minimum Gasteiger partial charge on any atom is -0.347 e. The number of amides is 1. The summed E-state index contributed by atoms with van der Waals surface area (Å²) in [5, 5.41) is 6.25. The van der Waals surface area contributed by atoms with Crippen molar-refractivity contribution in [3.8, 4) is 0 Å². The topological polar surface area (TPSA) is 74.0 Å². The maximum atomic E-state index is 12.2. The van der Waals surface area contributed by atoms with Crippen LogP contribution in [0.4, 0.5) is 0 Å². The van der Waals surface area contributed by atoms with Gasteiger partial charge in [-0.2, -0.15) is 0 Å². The maximum absolute atomic E-state index is 12.2. The van der Waals surface area contributed by atoms with E-state index in [4.69, 9.17) is 0 Å². The zero-order valence-electron chi connectivity index (χ0n) is 11.5. The number of benzene rings is 1. The molecular weight excluding hydrogens is 266 g/mol. The van der Waals surface area contributed by atoms with E-state index in [1.807, 2.05) is 18.2 Å². The highest BCUT2D eigenvalue weighted by Crippen LogP contribution is 2.22. The average Bonchev–Trinajstić information content (AvgIpc) is 2.96. The molecular formula is C16H17N3O2. The van der Waals surface area contributed by atoms with Crippen LogP contribution in [0.2, 0.25) is 0 Å². The van der Waals surface area contributed by atoms with Gasteiger partial charge in [0.05, 0.1) is 0 Å². The van der Waals surface area contributed by atoms with Crippen LogP contribution in [0.5, 0.6) is 0 Å². The minimum atomic E-state index is -0.364. The first kappa shape index (κ1) is 13.6. The molecule has 1 aromatic heterocycles. The van der Waals surface area contributed by atoms with Crippen molar-refractivity contribution >= 4 is 5.91 Å². The summed E-state index contributed by atoms with van der Waals surface area (Å²) in [5.41, 5.74) is 0.975. The van der Waals surface area contributed by atoms with E-state index < -0.39 is 0 Å². The van der Waals surface area contributed by atoms with Gasteiger partial charge in [0, 0.05) is 31.2 Å². The Labute approximate surface area is 122 Å². The summed E-state index contributed by atoms with van der Waals surface area (Å²) < 4.78 is 0. The number of hydrogen-bond donors (Lipinski definition) is 3. The standard InChI is InChI=1S/C16H17N3O2/c20-15-12(7-4-8-18-15)16(21)19-14-10-17-9-13(14)11-5-2-1-3-6-11/h1-8,13-14,17H,9-10H2,(H,18,20)(H,19,21)/t13-,14+/m0/s1. The summed E-state index contributed by atoms with van der Waals surface area (Å²) >= 11 is 0. The third-order valence-corrected chi connectivity index (χ3v) is 3.82. The molecule has 2 heterocycles. The third kappa shape index (κ3) is 2.87. The van der Waals surface area contributed by atoms with Gasteiger partial charge < -0.3 is 15.6 Å². The van der Waals surface area contributed by atoms with Crippen LogP contribution in [-0.2, 0) is 0 Å². The number of aromatic nitrogens is 1. The zero-order valence-corrected chi connectivity index (χ0v) is 11.5. The maximum Gasteiger partial charge on any atom is 0.260 e. The highest BCUT2D eigenvalue weighted by atomic mass is 16.2. The van der Waals surface area contributed by atoms with Crippen LogP contribution in [0, 0.1) is 0 Å². The molecule has 1 saturated heterocycles. The van der Waals surface area contributed by atoms with Crippen molar-refractivity contribution in [2.45, 2.75) is 12.0 Å². The van der Waals surface area contributed by atoms with Crippen molar-refractivity contribution in [1.29, 1.82) is 0 Å². The molecule has 5 heteroatoms. The van der Waals surface area contributed by atoms with Gasteiger partial charge in [0.15, 0.2) is 0 Å². The summed E-state index contributed by atoms with van der Waals surface area (Å²) in [6.45, 7) is 1.52. The van der Waals surface area contributed by atoms with Crippen LogP contribution >= 0.6 is 0 Å². The fraction of sp³-hybridized carbons (Fsp3) is 0.250. The van der Waals surface area contributed by atoms with E-state index in [0.717, 1.165) is 6.54 Å². The Bertz CT molecular complexity index is 681. The smallest absolute Gasteiger partial charge is 0.260 e. The second-order valence-corrected chi connectivity index (χ2v) is 5.17. The van der Waals surface area contributed by atoms with E-state index in [-0.39, 0.29) is 29.0 Å². The predicted molar refractivity (Wildman–Crippen MR) is 80.4 cm³/mol. The Hall–Kier alpha value is -2.40. The first-order valence-electron chi connectivity index (χ1n) is 7.00. The number of carbonyl (C=O) groups excluding carboxylic acids is 1.